The number of nitrogens with zero attached hydrogens (tertiary/aromatic N) is 1. The molecule has 0 saturated carbocycles. The molecule has 1 atom stereocenters. The molecule has 3 nitrogen and oxygen atoms in total. The minimum absolute atomic E-state index is 0.357. The summed E-state index contributed by atoms with van der Waals surface area (Å²) in [5.74, 6) is 1.44. The Hall–Kier alpha value is -1.84. The van der Waals surface area contributed by atoms with Crippen LogP contribution in [0.5, 0.6) is 5.75 Å². The van der Waals surface area contributed by atoms with Crippen LogP contribution < -0.4 is 4.74 Å². The fourth-order valence-electron chi connectivity index (χ4n) is 2.96. The fraction of sp³-hybridized carbons (Fsp3) is 0.429. The SMILES string of the molecule is COc1ccc(CN(CC(C)C)CC(O)Cc2ccccc2)cc1. The Bertz CT molecular complexity index is 581. The van der Waals surface area contributed by atoms with E-state index in [0.717, 1.165) is 18.8 Å². The van der Waals surface area contributed by atoms with Crippen molar-refractivity contribution in [2.75, 3.05) is 20.2 Å². The van der Waals surface area contributed by atoms with Crippen LogP contribution in [0.15, 0.2) is 54.6 Å². The number of hydrogen-bond acceptors (Lipinski definition) is 3. The first kappa shape index (κ1) is 18.5. The molecular weight excluding hydrogens is 298 g/mol. The van der Waals surface area contributed by atoms with E-state index in [4.69, 9.17) is 4.74 Å². The predicted octanol–water partition coefficient (Wildman–Crippen LogP) is 3.76. The van der Waals surface area contributed by atoms with Crippen molar-refractivity contribution in [3.8, 4) is 5.75 Å². The lowest BCUT2D eigenvalue weighted by Gasteiger charge is -2.27. The highest BCUT2D eigenvalue weighted by molar-refractivity contribution is 5.27. The summed E-state index contributed by atoms with van der Waals surface area (Å²) in [5.41, 5.74) is 2.42. The van der Waals surface area contributed by atoms with Gasteiger partial charge in [0.1, 0.15) is 5.75 Å². The van der Waals surface area contributed by atoms with Gasteiger partial charge in [-0.05, 0) is 35.6 Å². The van der Waals surface area contributed by atoms with Crippen LogP contribution in [-0.4, -0.2) is 36.3 Å². The molecule has 0 amide bonds. The number of hydrogen-bond donors (Lipinski definition) is 1. The van der Waals surface area contributed by atoms with Crippen LogP contribution in [0.2, 0.25) is 0 Å². The molecule has 0 radical (unpaired) electrons. The molecule has 0 aliphatic heterocycles. The van der Waals surface area contributed by atoms with E-state index in [2.05, 4.69) is 43.0 Å². The summed E-state index contributed by atoms with van der Waals surface area (Å²) in [6.07, 6.45) is 0.335. The number of benzene rings is 2. The molecule has 0 heterocycles. The lowest BCUT2D eigenvalue weighted by Crippen LogP contribution is -2.35. The topological polar surface area (TPSA) is 32.7 Å². The van der Waals surface area contributed by atoms with Crippen LogP contribution in [0, 0.1) is 5.92 Å². The van der Waals surface area contributed by atoms with Gasteiger partial charge in [-0.15, -0.1) is 0 Å². The monoisotopic (exact) mass is 327 g/mol. The first-order valence-corrected chi connectivity index (χ1v) is 8.64. The zero-order chi connectivity index (χ0) is 17.4. The van der Waals surface area contributed by atoms with Gasteiger partial charge in [-0.1, -0.05) is 56.3 Å². The molecule has 2 rings (SSSR count). The molecule has 2 aromatic rings. The summed E-state index contributed by atoms with van der Waals surface area (Å²) in [6, 6.07) is 18.3. The maximum absolute atomic E-state index is 10.5. The van der Waals surface area contributed by atoms with E-state index in [1.165, 1.54) is 11.1 Å². The summed E-state index contributed by atoms with van der Waals surface area (Å²) < 4.78 is 5.22. The summed E-state index contributed by atoms with van der Waals surface area (Å²) in [7, 11) is 1.68. The fourth-order valence-corrected chi connectivity index (χ4v) is 2.96. The highest BCUT2D eigenvalue weighted by Crippen LogP contribution is 2.15. The van der Waals surface area contributed by atoms with Gasteiger partial charge in [-0.3, -0.25) is 4.90 Å². The van der Waals surface area contributed by atoms with Crippen molar-refractivity contribution in [1.82, 2.24) is 4.90 Å². The Labute approximate surface area is 145 Å². The third-order valence-electron chi connectivity index (χ3n) is 3.97. The molecule has 1 unspecified atom stereocenters. The van der Waals surface area contributed by atoms with Gasteiger partial charge >= 0.3 is 0 Å². The van der Waals surface area contributed by atoms with E-state index in [-0.39, 0.29) is 6.10 Å². The van der Waals surface area contributed by atoms with Crippen molar-refractivity contribution in [3.63, 3.8) is 0 Å². The van der Waals surface area contributed by atoms with E-state index in [0.29, 0.717) is 18.9 Å². The first-order valence-electron chi connectivity index (χ1n) is 8.64. The Morgan fingerprint density at radius 1 is 0.917 bits per heavy atom. The second-order valence-corrected chi connectivity index (χ2v) is 6.78. The molecule has 0 aliphatic rings. The first-order chi connectivity index (χ1) is 11.6. The standard InChI is InChI=1S/C21H29NO2/c1-17(2)14-22(15-19-9-11-21(24-3)12-10-19)16-20(23)13-18-7-5-4-6-8-18/h4-12,17,20,23H,13-16H2,1-3H3. The zero-order valence-corrected chi connectivity index (χ0v) is 15.0. The second-order valence-electron chi connectivity index (χ2n) is 6.78. The van der Waals surface area contributed by atoms with Crippen molar-refractivity contribution >= 4 is 0 Å². The van der Waals surface area contributed by atoms with Crippen molar-refractivity contribution < 1.29 is 9.84 Å². The van der Waals surface area contributed by atoms with Gasteiger partial charge in [0, 0.05) is 19.6 Å². The van der Waals surface area contributed by atoms with Gasteiger partial charge in [0.05, 0.1) is 13.2 Å². The molecule has 0 aliphatic carbocycles. The van der Waals surface area contributed by atoms with Gasteiger partial charge < -0.3 is 9.84 Å². The van der Waals surface area contributed by atoms with Crippen LogP contribution in [0.25, 0.3) is 0 Å². The summed E-state index contributed by atoms with van der Waals surface area (Å²) in [4.78, 5) is 2.33. The van der Waals surface area contributed by atoms with Crippen molar-refractivity contribution in [3.05, 3.63) is 65.7 Å². The number of methoxy groups -OCH3 is 1. The number of ether oxygens (including phenoxy) is 1. The summed E-state index contributed by atoms with van der Waals surface area (Å²) >= 11 is 0. The van der Waals surface area contributed by atoms with E-state index >= 15 is 0 Å². The molecule has 0 aromatic heterocycles. The average molecular weight is 327 g/mol. The molecule has 1 N–H and O–H groups in total. The number of aliphatic hydroxyl groups excluding tert-OH is 1. The van der Waals surface area contributed by atoms with Gasteiger partial charge in [0.2, 0.25) is 0 Å². The largest absolute Gasteiger partial charge is 0.497 e. The quantitative estimate of drug-likeness (QED) is 0.761. The minimum Gasteiger partial charge on any atom is -0.497 e. The molecule has 0 spiro atoms. The van der Waals surface area contributed by atoms with Crippen LogP contribution in [-0.2, 0) is 13.0 Å². The van der Waals surface area contributed by atoms with Crippen molar-refractivity contribution in [2.45, 2.75) is 32.9 Å². The predicted molar refractivity (Wildman–Crippen MR) is 99.3 cm³/mol. The highest BCUT2D eigenvalue weighted by Gasteiger charge is 2.14. The number of rotatable bonds is 9. The molecule has 3 heteroatoms. The Morgan fingerprint density at radius 2 is 1.58 bits per heavy atom. The maximum Gasteiger partial charge on any atom is 0.118 e. The van der Waals surface area contributed by atoms with Gasteiger partial charge in [0.25, 0.3) is 0 Å². The summed E-state index contributed by atoms with van der Waals surface area (Å²) in [6.45, 7) is 6.92. The van der Waals surface area contributed by atoms with E-state index in [1.54, 1.807) is 7.11 Å². The molecule has 24 heavy (non-hydrogen) atoms. The van der Waals surface area contributed by atoms with Gasteiger partial charge in [-0.2, -0.15) is 0 Å². The van der Waals surface area contributed by atoms with E-state index in [1.807, 2.05) is 30.3 Å². The van der Waals surface area contributed by atoms with Crippen LogP contribution in [0.1, 0.15) is 25.0 Å². The minimum atomic E-state index is -0.357. The smallest absolute Gasteiger partial charge is 0.118 e. The van der Waals surface area contributed by atoms with Crippen LogP contribution in [0.3, 0.4) is 0 Å². The Balaban J connectivity index is 1.96. The molecule has 2 aromatic carbocycles. The zero-order valence-electron chi connectivity index (χ0n) is 15.0. The van der Waals surface area contributed by atoms with Gasteiger partial charge in [-0.25, -0.2) is 0 Å². The molecule has 130 valence electrons. The van der Waals surface area contributed by atoms with E-state index < -0.39 is 0 Å². The van der Waals surface area contributed by atoms with Crippen molar-refractivity contribution in [2.24, 2.45) is 5.92 Å². The number of aliphatic hydroxyl groups is 1. The molecule has 0 saturated heterocycles. The normalized spacial score (nSPS) is 12.6. The van der Waals surface area contributed by atoms with Crippen LogP contribution >= 0.6 is 0 Å². The third kappa shape index (κ3) is 6.34. The Kier molecular flexibility index (Phi) is 7.29. The highest BCUT2D eigenvalue weighted by atomic mass is 16.5. The maximum atomic E-state index is 10.5. The second kappa shape index (κ2) is 9.45. The van der Waals surface area contributed by atoms with E-state index in [9.17, 15) is 5.11 Å². The average Bonchev–Trinajstić information content (AvgIpc) is 2.55. The lowest BCUT2D eigenvalue weighted by molar-refractivity contribution is 0.101. The molecular formula is C21H29NO2. The summed E-state index contributed by atoms with van der Waals surface area (Å²) in [5, 5.41) is 10.5. The van der Waals surface area contributed by atoms with Crippen molar-refractivity contribution in [1.29, 1.82) is 0 Å². The lowest BCUT2D eigenvalue weighted by atomic mass is 10.1. The third-order valence-corrected chi connectivity index (χ3v) is 3.97. The van der Waals surface area contributed by atoms with Crippen LogP contribution in [0.4, 0.5) is 0 Å². The molecule has 0 bridgehead atoms. The Morgan fingerprint density at radius 3 is 2.17 bits per heavy atom. The van der Waals surface area contributed by atoms with Gasteiger partial charge in [0.15, 0.2) is 0 Å². The molecule has 0 fully saturated rings.